The Kier molecular flexibility index (Phi) is 4.56. The summed E-state index contributed by atoms with van der Waals surface area (Å²) in [5, 5.41) is 6.48. The van der Waals surface area contributed by atoms with Gasteiger partial charge in [-0.15, -0.1) is 0 Å². The Balaban J connectivity index is 1.58. The van der Waals surface area contributed by atoms with Crippen LogP contribution >= 0.6 is 22.7 Å². The zero-order chi connectivity index (χ0) is 17.6. The molecule has 25 heavy (non-hydrogen) atoms. The molecule has 2 aliphatic heterocycles. The van der Waals surface area contributed by atoms with Crippen LogP contribution in [0.4, 0.5) is 5.00 Å². The van der Waals surface area contributed by atoms with E-state index in [1.807, 2.05) is 4.90 Å². The fraction of sp³-hybridized carbons (Fsp3) is 0.556. The average molecular weight is 377 g/mol. The number of hydrogen-bond donors (Lipinski definition) is 0. The fourth-order valence-electron chi connectivity index (χ4n) is 3.65. The van der Waals surface area contributed by atoms with Gasteiger partial charge in [0.25, 0.3) is 0 Å². The molecule has 0 bridgehead atoms. The monoisotopic (exact) mass is 376 g/mol. The Morgan fingerprint density at radius 3 is 2.68 bits per heavy atom. The first-order valence-electron chi connectivity index (χ1n) is 8.82. The highest BCUT2D eigenvalue weighted by Gasteiger charge is 2.41. The molecule has 4 rings (SSSR count). The number of anilines is 1. The Labute approximate surface area is 156 Å². The molecule has 134 valence electrons. The molecule has 1 atom stereocenters. The molecule has 1 fully saturated rings. The fourth-order valence-corrected chi connectivity index (χ4v) is 5.64. The number of thiophene rings is 1. The molecule has 5 nitrogen and oxygen atoms in total. The third-order valence-corrected chi connectivity index (χ3v) is 6.90. The highest BCUT2D eigenvalue weighted by atomic mass is 32.1. The second-order valence-electron chi connectivity index (χ2n) is 7.13. The van der Waals surface area contributed by atoms with Crippen LogP contribution in [0.25, 0.3) is 10.6 Å². The van der Waals surface area contributed by atoms with Crippen LogP contribution in [0.2, 0.25) is 0 Å². The lowest BCUT2D eigenvalue weighted by atomic mass is 10.1. The normalized spacial score (nSPS) is 21.2. The number of carbonyl (C=O) groups is 1. The molecule has 0 unspecified atom stereocenters. The third-order valence-electron chi connectivity index (χ3n) is 5.06. The molecule has 2 aromatic rings. The molecule has 1 saturated heterocycles. The number of nitrogens with zero attached hydrogens (tertiary/aromatic N) is 4. The predicted molar refractivity (Wildman–Crippen MR) is 105 cm³/mol. The molecule has 0 aliphatic carbocycles. The molecule has 0 N–H and O–H groups in total. The molecule has 0 aromatic carbocycles. The number of thiazole rings is 1. The zero-order valence-electron chi connectivity index (χ0n) is 14.9. The van der Waals surface area contributed by atoms with Gasteiger partial charge in [-0.3, -0.25) is 4.79 Å². The van der Waals surface area contributed by atoms with Crippen LogP contribution < -0.4 is 4.90 Å². The van der Waals surface area contributed by atoms with Crippen molar-refractivity contribution in [3.05, 3.63) is 22.5 Å². The standard InChI is InChI=1S/C18H24N4OS2/c1-12(2)22-15(17(23)21-7-5-20(3)6-8-21)10-14-18(22)25-16(19-14)13-4-9-24-11-13/h4,9,11-12,15H,5-8,10H2,1-3H3/t15-/m1/s1. The quantitative estimate of drug-likeness (QED) is 0.826. The first-order chi connectivity index (χ1) is 12.0. The van der Waals surface area contributed by atoms with Gasteiger partial charge in [-0.25, -0.2) is 4.98 Å². The molecule has 2 aromatic heterocycles. The molecular weight excluding hydrogens is 352 g/mol. The van der Waals surface area contributed by atoms with Crippen LogP contribution in [0.3, 0.4) is 0 Å². The molecule has 0 spiro atoms. The minimum Gasteiger partial charge on any atom is -0.347 e. The third kappa shape index (κ3) is 3.09. The van der Waals surface area contributed by atoms with Crippen molar-refractivity contribution in [3.8, 4) is 10.6 Å². The van der Waals surface area contributed by atoms with E-state index < -0.39 is 0 Å². The van der Waals surface area contributed by atoms with Crippen LogP contribution in [0, 0.1) is 0 Å². The summed E-state index contributed by atoms with van der Waals surface area (Å²) in [6, 6.07) is 2.32. The Bertz CT molecular complexity index is 747. The number of fused-ring (bicyclic) bond motifs is 1. The highest BCUT2D eigenvalue weighted by molar-refractivity contribution is 7.19. The lowest BCUT2D eigenvalue weighted by molar-refractivity contribution is -0.134. The molecular formula is C18H24N4OS2. The van der Waals surface area contributed by atoms with Crippen LogP contribution in [0.5, 0.6) is 0 Å². The first kappa shape index (κ1) is 17.0. The van der Waals surface area contributed by atoms with Gasteiger partial charge in [0.2, 0.25) is 5.91 Å². The van der Waals surface area contributed by atoms with Gasteiger partial charge < -0.3 is 14.7 Å². The highest BCUT2D eigenvalue weighted by Crippen LogP contribution is 2.42. The van der Waals surface area contributed by atoms with Gasteiger partial charge in [0.05, 0.1) is 5.69 Å². The van der Waals surface area contributed by atoms with Crippen LogP contribution in [0.15, 0.2) is 16.8 Å². The maximum absolute atomic E-state index is 13.1. The van der Waals surface area contributed by atoms with Crippen LogP contribution in [-0.4, -0.2) is 66.0 Å². The van der Waals surface area contributed by atoms with Crippen molar-refractivity contribution >= 4 is 33.6 Å². The van der Waals surface area contributed by atoms with Crippen molar-refractivity contribution in [3.63, 3.8) is 0 Å². The van der Waals surface area contributed by atoms with Gasteiger partial charge in [0.1, 0.15) is 16.1 Å². The molecule has 4 heterocycles. The summed E-state index contributed by atoms with van der Waals surface area (Å²) in [6.07, 6.45) is 0.735. The predicted octanol–water partition coefficient (Wildman–Crippen LogP) is 2.79. The molecule has 0 radical (unpaired) electrons. The summed E-state index contributed by atoms with van der Waals surface area (Å²) >= 11 is 3.42. The molecule has 0 saturated carbocycles. The van der Waals surface area contributed by atoms with E-state index >= 15 is 0 Å². The van der Waals surface area contributed by atoms with Crippen molar-refractivity contribution < 1.29 is 4.79 Å². The number of amides is 1. The van der Waals surface area contributed by atoms with E-state index in [9.17, 15) is 4.79 Å². The number of likely N-dealkylation sites (N-methyl/N-ethyl adjacent to an activating group) is 1. The van der Waals surface area contributed by atoms with Crippen molar-refractivity contribution in [1.82, 2.24) is 14.8 Å². The number of carbonyl (C=O) groups excluding carboxylic acids is 1. The van der Waals surface area contributed by atoms with Gasteiger partial charge in [-0.05, 0) is 32.3 Å². The van der Waals surface area contributed by atoms with Gasteiger partial charge in [0, 0.05) is 49.6 Å². The van der Waals surface area contributed by atoms with E-state index in [0.29, 0.717) is 6.04 Å². The van der Waals surface area contributed by atoms with E-state index in [0.717, 1.165) is 43.3 Å². The van der Waals surface area contributed by atoms with E-state index in [2.05, 4.69) is 47.5 Å². The largest absolute Gasteiger partial charge is 0.347 e. The number of rotatable bonds is 3. The lowest BCUT2D eigenvalue weighted by Gasteiger charge is -2.37. The average Bonchev–Trinajstić information content (AvgIpc) is 3.29. The van der Waals surface area contributed by atoms with E-state index in [1.165, 1.54) is 10.6 Å². The van der Waals surface area contributed by atoms with Gasteiger partial charge in [-0.1, -0.05) is 11.3 Å². The van der Waals surface area contributed by atoms with Crippen molar-refractivity contribution in [2.45, 2.75) is 32.4 Å². The van der Waals surface area contributed by atoms with Gasteiger partial charge >= 0.3 is 0 Å². The van der Waals surface area contributed by atoms with Crippen molar-refractivity contribution in [1.29, 1.82) is 0 Å². The lowest BCUT2D eigenvalue weighted by Crippen LogP contribution is -2.54. The molecule has 7 heteroatoms. The number of piperazine rings is 1. The maximum atomic E-state index is 13.1. The van der Waals surface area contributed by atoms with Gasteiger partial charge in [-0.2, -0.15) is 11.3 Å². The molecule has 2 aliphatic rings. The summed E-state index contributed by atoms with van der Waals surface area (Å²) in [6.45, 7) is 7.93. The molecule has 1 amide bonds. The topological polar surface area (TPSA) is 39.7 Å². The number of aromatic nitrogens is 1. The van der Waals surface area contributed by atoms with Crippen molar-refractivity contribution in [2.75, 3.05) is 38.1 Å². The van der Waals surface area contributed by atoms with Crippen molar-refractivity contribution in [2.24, 2.45) is 0 Å². The Morgan fingerprint density at radius 1 is 1.28 bits per heavy atom. The van der Waals surface area contributed by atoms with E-state index in [1.54, 1.807) is 22.7 Å². The van der Waals surface area contributed by atoms with Crippen LogP contribution in [0.1, 0.15) is 19.5 Å². The minimum atomic E-state index is -0.0892. The smallest absolute Gasteiger partial charge is 0.245 e. The summed E-state index contributed by atoms with van der Waals surface area (Å²) in [4.78, 5) is 24.6. The summed E-state index contributed by atoms with van der Waals surface area (Å²) in [5.41, 5.74) is 2.28. The first-order valence-corrected chi connectivity index (χ1v) is 10.6. The van der Waals surface area contributed by atoms with Crippen LogP contribution in [-0.2, 0) is 11.2 Å². The summed E-state index contributed by atoms with van der Waals surface area (Å²) in [5.74, 6) is 0.268. The Morgan fingerprint density at radius 2 is 2.04 bits per heavy atom. The number of hydrogen-bond acceptors (Lipinski definition) is 6. The van der Waals surface area contributed by atoms with Gasteiger partial charge in [0.15, 0.2) is 0 Å². The summed E-state index contributed by atoms with van der Waals surface area (Å²) < 4.78 is 0. The van der Waals surface area contributed by atoms with E-state index in [4.69, 9.17) is 4.98 Å². The SMILES string of the molecule is CC(C)N1c2sc(-c3ccsc3)nc2C[C@@H]1C(=O)N1CCN(C)CC1. The minimum absolute atomic E-state index is 0.0892. The van der Waals surface area contributed by atoms with E-state index in [-0.39, 0.29) is 11.9 Å². The Hall–Kier alpha value is -1.44. The second-order valence-corrected chi connectivity index (χ2v) is 8.89. The second kappa shape index (κ2) is 6.70. The zero-order valence-corrected chi connectivity index (χ0v) is 16.6. The maximum Gasteiger partial charge on any atom is 0.245 e. The summed E-state index contributed by atoms with van der Waals surface area (Å²) in [7, 11) is 2.12.